The minimum absolute atomic E-state index is 0.0452. The molecule has 4 nitrogen and oxygen atoms in total. The van der Waals surface area contributed by atoms with Crippen molar-refractivity contribution in [2.45, 2.75) is 46.0 Å². The van der Waals surface area contributed by atoms with Crippen LogP contribution in [0.15, 0.2) is 30.6 Å². The first kappa shape index (κ1) is 22.7. The first-order valence-electron chi connectivity index (χ1n) is 10.1. The molecule has 0 saturated heterocycles. The Morgan fingerprint density at radius 1 is 1.10 bits per heavy atom. The van der Waals surface area contributed by atoms with E-state index in [0.29, 0.717) is 11.8 Å². The van der Waals surface area contributed by atoms with Crippen LogP contribution >= 0.6 is 11.6 Å². The molecular formula is C23H28ClFN2O2Si. The topological polar surface area (TPSA) is 44.2 Å². The molecule has 0 aliphatic carbocycles. The number of benzene rings is 1. The second-order valence-corrected chi connectivity index (χ2v) is 14.6. The lowest BCUT2D eigenvalue weighted by Gasteiger charge is -2.17. The van der Waals surface area contributed by atoms with Crippen molar-refractivity contribution >= 4 is 30.4 Å². The molecule has 3 aromatic rings. The van der Waals surface area contributed by atoms with Crippen LogP contribution in [0.3, 0.4) is 0 Å². The molecule has 3 rings (SSSR count). The number of fused-ring (bicyclic) bond motifs is 1. The van der Waals surface area contributed by atoms with Crippen molar-refractivity contribution in [2.24, 2.45) is 0 Å². The van der Waals surface area contributed by atoms with E-state index >= 15 is 0 Å². The second kappa shape index (κ2) is 9.41. The summed E-state index contributed by atoms with van der Waals surface area (Å²) < 4.78 is 25.9. The Morgan fingerprint density at radius 2 is 1.87 bits per heavy atom. The summed E-state index contributed by atoms with van der Waals surface area (Å²) in [6, 6.07) is 6.07. The van der Waals surface area contributed by atoms with Crippen molar-refractivity contribution in [1.82, 2.24) is 9.97 Å². The quantitative estimate of drug-likeness (QED) is 0.168. The van der Waals surface area contributed by atoms with E-state index in [1.165, 1.54) is 6.07 Å². The molecule has 0 N–H and O–H groups in total. The largest absolute Gasteiger partial charge is 0.464 e. The number of aromatic nitrogens is 2. The molecule has 0 atom stereocenters. The highest BCUT2D eigenvalue weighted by Gasteiger charge is 2.17. The van der Waals surface area contributed by atoms with Gasteiger partial charge in [-0.05, 0) is 48.7 Å². The number of rotatable bonds is 8. The van der Waals surface area contributed by atoms with Gasteiger partial charge in [0.2, 0.25) is 0 Å². The fourth-order valence-corrected chi connectivity index (χ4v) is 4.18. The summed E-state index contributed by atoms with van der Waals surface area (Å²) in [5, 5.41) is 2.28. The molecule has 0 amide bonds. The van der Waals surface area contributed by atoms with Crippen LogP contribution in [0.4, 0.5) is 4.39 Å². The van der Waals surface area contributed by atoms with Crippen LogP contribution in [0.2, 0.25) is 30.8 Å². The Balaban J connectivity index is 1.85. The molecule has 2 heterocycles. The number of pyridine rings is 2. The van der Waals surface area contributed by atoms with Crippen molar-refractivity contribution < 1.29 is 13.9 Å². The monoisotopic (exact) mass is 446 g/mol. The van der Waals surface area contributed by atoms with E-state index in [1.807, 2.05) is 13.8 Å². The lowest BCUT2D eigenvalue weighted by molar-refractivity contribution is 0.0197. The van der Waals surface area contributed by atoms with Gasteiger partial charge in [0.15, 0.2) is 18.4 Å². The normalized spacial score (nSPS) is 11.8. The molecule has 0 aliphatic rings. The van der Waals surface area contributed by atoms with Gasteiger partial charge in [0, 0.05) is 43.4 Å². The first-order chi connectivity index (χ1) is 14.2. The van der Waals surface area contributed by atoms with Gasteiger partial charge in [-0.25, -0.2) is 9.37 Å². The van der Waals surface area contributed by atoms with Gasteiger partial charge in [0.05, 0.1) is 5.69 Å². The minimum Gasteiger partial charge on any atom is -0.464 e. The van der Waals surface area contributed by atoms with E-state index in [0.717, 1.165) is 45.6 Å². The fraction of sp³-hybridized carbons (Fsp3) is 0.391. The SMILES string of the molecule is CCc1cc(OCOCC[Si](C)(C)C)c(F)cc1-c1ncc2cc(Cl)ncc2c1C. The minimum atomic E-state index is -1.16. The number of nitrogens with zero attached hydrogens (tertiary/aromatic N) is 2. The van der Waals surface area contributed by atoms with Gasteiger partial charge in [-0.3, -0.25) is 4.98 Å². The van der Waals surface area contributed by atoms with Crippen LogP contribution in [0, 0.1) is 12.7 Å². The van der Waals surface area contributed by atoms with Crippen molar-refractivity contribution in [2.75, 3.05) is 13.4 Å². The summed E-state index contributed by atoms with van der Waals surface area (Å²) in [7, 11) is -1.16. The van der Waals surface area contributed by atoms with Crippen molar-refractivity contribution in [3.8, 4) is 17.0 Å². The molecule has 7 heteroatoms. The number of ether oxygens (including phenoxy) is 2. The van der Waals surface area contributed by atoms with Crippen molar-refractivity contribution in [3.63, 3.8) is 0 Å². The van der Waals surface area contributed by atoms with Gasteiger partial charge in [-0.2, -0.15) is 0 Å². The third-order valence-electron chi connectivity index (χ3n) is 5.08. The molecule has 0 saturated carbocycles. The summed E-state index contributed by atoms with van der Waals surface area (Å²) in [4.78, 5) is 8.77. The summed E-state index contributed by atoms with van der Waals surface area (Å²) in [5.41, 5.74) is 3.40. The van der Waals surface area contributed by atoms with Crippen LogP contribution < -0.4 is 4.74 Å². The van der Waals surface area contributed by atoms with Gasteiger partial charge >= 0.3 is 0 Å². The zero-order chi connectivity index (χ0) is 21.9. The van der Waals surface area contributed by atoms with Gasteiger partial charge in [0.1, 0.15) is 5.15 Å². The molecular weight excluding hydrogens is 419 g/mol. The third-order valence-corrected chi connectivity index (χ3v) is 6.99. The van der Waals surface area contributed by atoms with E-state index in [4.69, 9.17) is 21.1 Å². The highest BCUT2D eigenvalue weighted by atomic mass is 35.5. The van der Waals surface area contributed by atoms with Crippen LogP contribution in [-0.2, 0) is 11.2 Å². The van der Waals surface area contributed by atoms with Gasteiger partial charge in [-0.15, -0.1) is 0 Å². The van der Waals surface area contributed by atoms with Crippen LogP contribution in [0.1, 0.15) is 18.1 Å². The van der Waals surface area contributed by atoms with Crippen LogP contribution in [0.5, 0.6) is 5.75 Å². The molecule has 0 unspecified atom stereocenters. The summed E-state index contributed by atoms with van der Waals surface area (Å²) in [5.74, 6) is -0.220. The molecule has 0 bridgehead atoms. The Morgan fingerprint density at radius 3 is 2.57 bits per heavy atom. The zero-order valence-corrected chi connectivity index (χ0v) is 19.9. The Kier molecular flexibility index (Phi) is 7.11. The average Bonchev–Trinajstić information content (AvgIpc) is 2.68. The predicted molar refractivity (Wildman–Crippen MR) is 124 cm³/mol. The molecule has 1 aromatic carbocycles. The van der Waals surface area contributed by atoms with E-state index in [9.17, 15) is 4.39 Å². The summed E-state index contributed by atoms with van der Waals surface area (Å²) in [6.45, 7) is 11.5. The van der Waals surface area contributed by atoms with Crippen molar-refractivity contribution in [3.05, 3.63) is 52.7 Å². The Labute approximate surface area is 183 Å². The summed E-state index contributed by atoms with van der Waals surface area (Å²) in [6.07, 6.45) is 4.20. The summed E-state index contributed by atoms with van der Waals surface area (Å²) >= 11 is 5.99. The Hall–Kier alpha value is -2.02. The van der Waals surface area contributed by atoms with E-state index in [-0.39, 0.29) is 12.5 Å². The fourth-order valence-electron chi connectivity index (χ4n) is 3.26. The first-order valence-corrected chi connectivity index (χ1v) is 14.2. The van der Waals surface area contributed by atoms with Crippen LogP contribution in [0.25, 0.3) is 22.0 Å². The predicted octanol–water partition coefficient (Wildman–Crippen LogP) is 6.65. The molecule has 0 aliphatic heterocycles. The number of hydrogen-bond acceptors (Lipinski definition) is 4. The molecule has 0 radical (unpaired) electrons. The molecule has 2 aromatic heterocycles. The van der Waals surface area contributed by atoms with Gasteiger partial charge < -0.3 is 9.47 Å². The van der Waals surface area contributed by atoms with Gasteiger partial charge in [-0.1, -0.05) is 38.2 Å². The second-order valence-electron chi connectivity index (χ2n) is 8.60. The lowest BCUT2D eigenvalue weighted by Crippen LogP contribution is -2.22. The lowest BCUT2D eigenvalue weighted by atomic mass is 9.96. The smallest absolute Gasteiger partial charge is 0.189 e. The number of halogens is 2. The maximum absolute atomic E-state index is 14.8. The highest BCUT2D eigenvalue weighted by molar-refractivity contribution is 6.76. The Bertz CT molecular complexity index is 1050. The zero-order valence-electron chi connectivity index (χ0n) is 18.2. The van der Waals surface area contributed by atoms with E-state index < -0.39 is 13.9 Å². The highest BCUT2D eigenvalue weighted by Crippen LogP contribution is 2.34. The molecule has 30 heavy (non-hydrogen) atoms. The van der Waals surface area contributed by atoms with Gasteiger partial charge in [0.25, 0.3) is 0 Å². The molecule has 0 fully saturated rings. The molecule has 160 valence electrons. The maximum Gasteiger partial charge on any atom is 0.189 e. The molecule has 0 spiro atoms. The number of aryl methyl sites for hydroxylation is 2. The van der Waals surface area contributed by atoms with E-state index in [1.54, 1.807) is 24.5 Å². The van der Waals surface area contributed by atoms with E-state index in [2.05, 4.69) is 29.6 Å². The third kappa shape index (κ3) is 5.36. The number of hydrogen-bond donors (Lipinski definition) is 0. The maximum atomic E-state index is 14.8. The van der Waals surface area contributed by atoms with Crippen molar-refractivity contribution in [1.29, 1.82) is 0 Å². The standard InChI is InChI=1S/C23H28ClFN2O2Si/c1-6-16-9-21(29-14-28-7-8-30(3,4)5)20(25)11-18(16)23-15(2)19-13-26-22(24)10-17(19)12-27-23/h9-13H,6-8,14H2,1-5H3. The van der Waals surface area contributed by atoms with Crippen LogP contribution in [-0.4, -0.2) is 31.4 Å². The average molecular weight is 447 g/mol.